The number of hydrogen-bond acceptors (Lipinski definition) is 6. The second-order valence-electron chi connectivity index (χ2n) is 7.34. The van der Waals surface area contributed by atoms with Gasteiger partial charge in [-0.25, -0.2) is 0 Å². The van der Waals surface area contributed by atoms with Crippen LogP contribution in [0, 0.1) is 6.92 Å². The molecule has 2 atom stereocenters. The van der Waals surface area contributed by atoms with E-state index in [0.717, 1.165) is 24.1 Å². The summed E-state index contributed by atoms with van der Waals surface area (Å²) in [6.45, 7) is 4.47. The van der Waals surface area contributed by atoms with Crippen molar-refractivity contribution in [1.29, 1.82) is 0 Å². The molecule has 1 spiro atoms. The second-order valence-corrected chi connectivity index (χ2v) is 8.33. The van der Waals surface area contributed by atoms with Crippen LogP contribution in [0.3, 0.4) is 0 Å². The number of aromatic nitrogens is 2. The standard InChI is InChI=1S/C20H24N4O3S/c1-3-6-16-20(14-7-4-5-8-15(14)22-19(20)26)9-10-24(16)18(25)12-28-11-17-21-13(2)23-27-17/h4-5,7-8,16H,3,6,9-12H2,1-2H3,(H,22,26)/t16-,20+/m0/s1. The fraction of sp³-hybridized carbons (Fsp3) is 0.500. The highest BCUT2D eigenvalue weighted by atomic mass is 32.2. The van der Waals surface area contributed by atoms with Gasteiger partial charge in [-0.1, -0.05) is 36.7 Å². The summed E-state index contributed by atoms with van der Waals surface area (Å²) in [5.41, 5.74) is 1.28. The van der Waals surface area contributed by atoms with Crippen LogP contribution in [0.2, 0.25) is 0 Å². The molecule has 1 N–H and O–H groups in total. The molecule has 7 nitrogen and oxygen atoms in total. The average molecular weight is 401 g/mol. The zero-order chi connectivity index (χ0) is 19.7. The molecule has 8 heteroatoms. The maximum absolute atomic E-state index is 13.0. The van der Waals surface area contributed by atoms with Crippen molar-refractivity contribution < 1.29 is 14.1 Å². The van der Waals surface area contributed by atoms with Crippen molar-refractivity contribution in [3.8, 4) is 0 Å². The summed E-state index contributed by atoms with van der Waals surface area (Å²) in [5, 5.41) is 6.80. The van der Waals surface area contributed by atoms with Gasteiger partial charge in [0.2, 0.25) is 17.7 Å². The van der Waals surface area contributed by atoms with E-state index in [0.29, 0.717) is 36.2 Å². The number of nitrogens with one attached hydrogen (secondary N) is 1. The lowest BCUT2D eigenvalue weighted by molar-refractivity contribution is -0.130. The maximum atomic E-state index is 13.0. The van der Waals surface area contributed by atoms with Crippen LogP contribution in [-0.4, -0.2) is 45.2 Å². The number of carbonyl (C=O) groups is 2. The molecule has 4 rings (SSSR count). The molecule has 2 aliphatic rings. The molecule has 28 heavy (non-hydrogen) atoms. The third-order valence-electron chi connectivity index (χ3n) is 5.66. The predicted molar refractivity (Wildman–Crippen MR) is 107 cm³/mol. The third kappa shape index (κ3) is 3.09. The third-order valence-corrected chi connectivity index (χ3v) is 6.56. The number of benzene rings is 1. The summed E-state index contributed by atoms with van der Waals surface area (Å²) in [4.78, 5) is 32.1. The van der Waals surface area contributed by atoms with Gasteiger partial charge in [-0.2, -0.15) is 4.98 Å². The van der Waals surface area contributed by atoms with E-state index in [9.17, 15) is 9.59 Å². The van der Waals surface area contributed by atoms with Crippen molar-refractivity contribution in [2.24, 2.45) is 0 Å². The van der Waals surface area contributed by atoms with Crippen LogP contribution in [0.4, 0.5) is 5.69 Å². The van der Waals surface area contributed by atoms with E-state index in [-0.39, 0.29) is 17.9 Å². The Bertz CT molecular complexity index is 899. The fourth-order valence-corrected chi connectivity index (χ4v) is 5.22. The highest BCUT2D eigenvalue weighted by Gasteiger charge is 2.58. The van der Waals surface area contributed by atoms with Gasteiger partial charge in [0, 0.05) is 12.2 Å². The fourth-order valence-electron chi connectivity index (χ4n) is 4.48. The topological polar surface area (TPSA) is 88.3 Å². The van der Waals surface area contributed by atoms with E-state index >= 15 is 0 Å². The summed E-state index contributed by atoms with van der Waals surface area (Å²) in [6, 6.07) is 7.76. The quantitative estimate of drug-likeness (QED) is 0.802. The number of fused-ring (bicyclic) bond motifs is 2. The first kappa shape index (κ1) is 19.0. The number of amides is 2. The summed E-state index contributed by atoms with van der Waals surface area (Å²) in [7, 11) is 0. The lowest BCUT2D eigenvalue weighted by Gasteiger charge is -2.34. The van der Waals surface area contributed by atoms with Crippen LogP contribution >= 0.6 is 11.8 Å². The van der Waals surface area contributed by atoms with Crippen molar-refractivity contribution >= 4 is 29.3 Å². The molecule has 1 aromatic carbocycles. The van der Waals surface area contributed by atoms with Gasteiger partial charge in [-0.05, 0) is 31.4 Å². The Labute approximate surface area is 168 Å². The van der Waals surface area contributed by atoms with Gasteiger partial charge in [-0.3, -0.25) is 9.59 Å². The number of rotatable bonds is 6. The Morgan fingerprint density at radius 2 is 2.25 bits per heavy atom. The monoisotopic (exact) mass is 400 g/mol. The van der Waals surface area contributed by atoms with Crippen molar-refractivity contribution in [3.63, 3.8) is 0 Å². The Balaban J connectivity index is 1.51. The predicted octanol–water partition coefficient (Wildman–Crippen LogP) is 2.90. The van der Waals surface area contributed by atoms with Crippen LogP contribution in [-0.2, 0) is 20.8 Å². The zero-order valence-corrected chi connectivity index (χ0v) is 16.9. The number of thioether (sulfide) groups is 1. The van der Waals surface area contributed by atoms with Crippen molar-refractivity contribution in [1.82, 2.24) is 15.0 Å². The molecule has 2 aromatic rings. The largest absolute Gasteiger partial charge is 0.338 e. The molecule has 2 amide bonds. The number of hydrogen-bond donors (Lipinski definition) is 1. The van der Waals surface area contributed by atoms with Gasteiger partial charge < -0.3 is 14.7 Å². The van der Waals surface area contributed by atoms with Crippen LogP contribution in [0.25, 0.3) is 0 Å². The maximum Gasteiger partial charge on any atom is 0.237 e. The Kier molecular flexibility index (Phi) is 5.14. The molecule has 1 aromatic heterocycles. The van der Waals surface area contributed by atoms with Gasteiger partial charge >= 0.3 is 0 Å². The van der Waals surface area contributed by atoms with Crippen molar-refractivity contribution in [2.45, 2.75) is 50.3 Å². The number of anilines is 1. The molecule has 0 radical (unpaired) electrons. The minimum absolute atomic E-state index is 0.0245. The first-order chi connectivity index (χ1) is 13.6. The van der Waals surface area contributed by atoms with Crippen LogP contribution in [0.5, 0.6) is 0 Å². The van der Waals surface area contributed by atoms with Gasteiger partial charge in [0.15, 0.2) is 5.82 Å². The van der Waals surface area contributed by atoms with E-state index < -0.39 is 5.41 Å². The molecule has 0 saturated carbocycles. The second kappa shape index (κ2) is 7.58. The van der Waals surface area contributed by atoms with E-state index in [4.69, 9.17) is 4.52 Å². The van der Waals surface area contributed by atoms with Gasteiger partial charge in [0.25, 0.3) is 0 Å². The number of likely N-dealkylation sites (tertiary alicyclic amines) is 1. The van der Waals surface area contributed by atoms with E-state index in [1.54, 1.807) is 6.92 Å². The molecule has 3 heterocycles. The van der Waals surface area contributed by atoms with Gasteiger partial charge in [0.05, 0.1) is 23.0 Å². The first-order valence-electron chi connectivity index (χ1n) is 9.63. The molecular weight excluding hydrogens is 376 g/mol. The molecule has 148 valence electrons. The van der Waals surface area contributed by atoms with E-state index in [2.05, 4.69) is 22.4 Å². The van der Waals surface area contributed by atoms with Crippen LogP contribution < -0.4 is 5.32 Å². The molecule has 0 aliphatic carbocycles. The van der Waals surface area contributed by atoms with Crippen molar-refractivity contribution in [2.75, 3.05) is 17.6 Å². The number of nitrogens with zero attached hydrogens (tertiary/aromatic N) is 3. The minimum Gasteiger partial charge on any atom is -0.338 e. The summed E-state index contributed by atoms with van der Waals surface area (Å²) < 4.78 is 5.10. The van der Waals surface area contributed by atoms with Crippen LogP contribution in [0.15, 0.2) is 28.8 Å². The number of para-hydroxylation sites is 1. The Morgan fingerprint density at radius 3 is 3.00 bits per heavy atom. The van der Waals surface area contributed by atoms with Gasteiger partial charge in [0.1, 0.15) is 0 Å². The number of carbonyl (C=O) groups excluding carboxylic acids is 2. The summed E-state index contributed by atoms with van der Waals surface area (Å²) >= 11 is 1.46. The molecule has 0 unspecified atom stereocenters. The molecule has 1 saturated heterocycles. The number of aryl methyl sites for hydroxylation is 1. The summed E-state index contributed by atoms with van der Waals surface area (Å²) in [6.07, 6.45) is 2.39. The SMILES string of the molecule is CCC[C@@H]1N(C(=O)CSCc2nc(C)no2)CC[C@]12C(=O)Nc1ccccc12. The smallest absolute Gasteiger partial charge is 0.237 e. The van der Waals surface area contributed by atoms with Gasteiger partial charge in [-0.15, -0.1) is 11.8 Å². The van der Waals surface area contributed by atoms with Crippen LogP contribution in [0.1, 0.15) is 43.5 Å². The summed E-state index contributed by atoms with van der Waals surface area (Å²) in [5.74, 6) is 2.05. The lowest BCUT2D eigenvalue weighted by atomic mass is 9.73. The molecule has 1 fully saturated rings. The zero-order valence-electron chi connectivity index (χ0n) is 16.1. The van der Waals surface area contributed by atoms with E-state index in [1.165, 1.54) is 11.8 Å². The van der Waals surface area contributed by atoms with E-state index in [1.807, 2.05) is 29.2 Å². The van der Waals surface area contributed by atoms with Crippen molar-refractivity contribution in [3.05, 3.63) is 41.5 Å². The Hall–Kier alpha value is -2.35. The highest BCUT2D eigenvalue weighted by Crippen LogP contribution is 2.49. The molecular formula is C20H24N4O3S. The minimum atomic E-state index is -0.628. The normalized spacial score (nSPS) is 23.3. The highest BCUT2D eigenvalue weighted by molar-refractivity contribution is 7.99. The first-order valence-corrected chi connectivity index (χ1v) is 10.8. The molecule has 2 aliphatic heterocycles. The lowest BCUT2D eigenvalue weighted by Crippen LogP contribution is -2.49. The Morgan fingerprint density at radius 1 is 1.43 bits per heavy atom. The molecule has 0 bridgehead atoms. The average Bonchev–Trinajstić information content (AvgIpc) is 3.34.